The van der Waals surface area contributed by atoms with Gasteiger partial charge in [-0.3, -0.25) is 14.8 Å². The van der Waals surface area contributed by atoms with E-state index in [1.54, 1.807) is 17.7 Å². The van der Waals surface area contributed by atoms with Crippen molar-refractivity contribution in [2.45, 2.75) is 26.8 Å². The third-order valence-electron chi connectivity index (χ3n) is 3.32. The van der Waals surface area contributed by atoms with Gasteiger partial charge < -0.3 is 5.32 Å². The van der Waals surface area contributed by atoms with E-state index in [1.807, 2.05) is 26.2 Å². The average Bonchev–Trinajstić information content (AvgIpc) is 2.77. The quantitative estimate of drug-likeness (QED) is 0.672. The molecule has 2 aromatic rings. The molecule has 6 heteroatoms. The first-order valence-electron chi connectivity index (χ1n) is 6.52. The van der Waals surface area contributed by atoms with Crippen LogP contribution >= 0.6 is 0 Å². The Kier molecular flexibility index (Phi) is 4.02. The Morgan fingerprint density at radius 3 is 2.85 bits per heavy atom. The number of aryl methyl sites for hydroxylation is 2. The lowest BCUT2D eigenvalue weighted by Crippen LogP contribution is -2.04. The molecule has 0 saturated carbocycles. The lowest BCUT2D eigenvalue weighted by Gasteiger charge is -2.08. The van der Waals surface area contributed by atoms with Crippen LogP contribution in [-0.2, 0) is 20.0 Å². The van der Waals surface area contributed by atoms with Gasteiger partial charge in [-0.1, -0.05) is 19.1 Å². The Hall–Kier alpha value is -2.37. The molecule has 0 atom stereocenters. The van der Waals surface area contributed by atoms with E-state index in [1.165, 1.54) is 6.07 Å². The Morgan fingerprint density at radius 1 is 1.45 bits per heavy atom. The SMILES string of the molecule is CCc1nn(C)cc1NCc1cccc([N+](=O)[O-])c1C. The van der Waals surface area contributed by atoms with Gasteiger partial charge in [0, 0.05) is 31.4 Å². The second-order valence-corrected chi connectivity index (χ2v) is 4.69. The molecule has 0 spiro atoms. The van der Waals surface area contributed by atoms with Crippen LogP contribution in [0.2, 0.25) is 0 Å². The van der Waals surface area contributed by atoms with Gasteiger partial charge in [0.1, 0.15) is 0 Å². The predicted molar refractivity (Wildman–Crippen MR) is 77.7 cm³/mol. The van der Waals surface area contributed by atoms with Gasteiger partial charge in [-0.05, 0) is 18.9 Å². The summed E-state index contributed by atoms with van der Waals surface area (Å²) in [5.41, 5.74) is 3.75. The van der Waals surface area contributed by atoms with Gasteiger partial charge in [0.2, 0.25) is 0 Å². The van der Waals surface area contributed by atoms with Crippen molar-refractivity contribution in [1.82, 2.24) is 9.78 Å². The molecule has 0 saturated heterocycles. The van der Waals surface area contributed by atoms with Crippen LogP contribution in [-0.4, -0.2) is 14.7 Å². The molecule has 0 fully saturated rings. The standard InChI is InChI=1S/C14H18N4O2/c1-4-12-13(9-17(3)16-12)15-8-11-6-5-7-14(10(11)2)18(19)20/h5-7,9,15H,4,8H2,1-3H3. The number of nitro benzene ring substituents is 1. The van der Waals surface area contributed by atoms with E-state index in [4.69, 9.17) is 0 Å². The first-order valence-corrected chi connectivity index (χ1v) is 6.52. The van der Waals surface area contributed by atoms with Gasteiger partial charge in [-0.25, -0.2) is 0 Å². The summed E-state index contributed by atoms with van der Waals surface area (Å²) in [6.07, 6.45) is 2.77. The van der Waals surface area contributed by atoms with Crippen LogP contribution in [0.4, 0.5) is 11.4 Å². The number of aromatic nitrogens is 2. The molecule has 6 nitrogen and oxygen atoms in total. The topological polar surface area (TPSA) is 73.0 Å². The van der Waals surface area contributed by atoms with E-state index in [2.05, 4.69) is 10.4 Å². The molecule has 1 aromatic heterocycles. The molecule has 0 unspecified atom stereocenters. The summed E-state index contributed by atoms with van der Waals surface area (Å²) in [7, 11) is 1.88. The van der Waals surface area contributed by atoms with Crippen LogP contribution in [0.5, 0.6) is 0 Å². The van der Waals surface area contributed by atoms with Crippen LogP contribution in [0.3, 0.4) is 0 Å². The van der Waals surface area contributed by atoms with E-state index in [9.17, 15) is 10.1 Å². The van der Waals surface area contributed by atoms with Gasteiger partial charge >= 0.3 is 0 Å². The molecular weight excluding hydrogens is 256 g/mol. The van der Waals surface area contributed by atoms with Crippen molar-refractivity contribution >= 4 is 11.4 Å². The van der Waals surface area contributed by atoms with E-state index in [0.29, 0.717) is 12.1 Å². The van der Waals surface area contributed by atoms with Crippen LogP contribution in [0, 0.1) is 17.0 Å². The summed E-state index contributed by atoms with van der Waals surface area (Å²) in [4.78, 5) is 10.6. The third-order valence-corrected chi connectivity index (χ3v) is 3.32. The van der Waals surface area contributed by atoms with Gasteiger partial charge in [0.25, 0.3) is 5.69 Å². The average molecular weight is 274 g/mol. The first kappa shape index (κ1) is 14.0. The van der Waals surface area contributed by atoms with E-state index in [-0.39, 0.29) is 10.6 Å². The number of nitrogens with one attached hydrogen (secondary N) is 1. The van der Waals surface area contributed by atoms with Crippen molar-refractivity contribution in [3.05, 3.63) is 51.3 Å². The van der Waals surface area contributed by atoms with E-state index < -0.39 is 0 Å². The number of rotatable bonds is 5. The summed E-state index contributed by atoms with van der Waals surface area (Å²) in [5, 5.41) is 18.6. The van der Waals surface area contributed by atoms with Crippen LogP contribution in [0.25, 0.3) is 0 Å². The molecule has 0 aliphatic carbocycles. The van der Waals surface area contributed by atoms with Crippen molar-refractivity contribution in [2.24, 2.45) is 7.05 Å². The fourth-order valence-electron chi connectivity index (χ4n) is 2.19. The highest BCUT2D eigenvalue weighted by Crippen LogP contribution is 2.22. The van der Waals surface area contributed by atoms with Gasteiger partial charge in [0.05, 0.1) is 16.3 Å². The second kappa shape index (κ2) is 5.73. The van der Waals surface area contributed by atoms with E-state index >= 15 is 0 Å². The summed E-state index contributed by atoms with van der Waals surface area (Å²) >= 11 is 0. The number of anilines is 1. The molecule has 1 aromatic carbocycles. The van der Waals surface area contributed by atoms with Crippen LogP contribution in [0.15, 0.2) is 24.4 Å². The summed E-state index contributed by atoms with van der Waals surface area (Å²) in [6, 6.07) is 5.14. The first-order chi connectivity index (χ1) is 9.52. The molecule has 1 N–H and O–H groups in total. The lowest BCUT2D eigenvalue weighted by atomic mass is 10.1. The smallest absolute Gasteiger partial charge is 0.272 e. The summed E-state index contributed by atoms with van der Waals surface area (Å²) < 4.78 is 1.77. The van der Waals surface area contributed by atoms with Crippen molar-refractivity contribution in [3.63, 3.8) is 0 Å². The molecule has 0 aliphatic rings. The lowest BCUT2D eigenvalue weighted by molar-refractivity contribution is -0.385. The monoisotopic (exact) mass is 274 g/mol. The maximum absolute atomic E-state index is 10.9. The van der Waals surface area contributed by atoms with Crippen molar-refractivity contribution in [3.8, 4) is 0 Å². The Morgan fingerprint density at radius 2 is 2.20 bits per heavy atom. The summed E-state index contributed by atoms with van der Waals surface area (Å²) in [5.74, 6) is 0. The largest absolute Gasteiger partial charge is 0.378 e. The van der Waals surface area contributed by atoms with Crippen LogP contribution < -0.4 is 5.32 Å². The van der Waals surface area contributed by atoms with Gasteiger partial charge in [-0.2, -0.15) is 5.10 Å². The Balaban J connectivity index is 2.19. The zero-order valence-corrected chi connectivity index (χ0v) is 11.9. The minimum atomic E-state index is -0.347. The molecule has 0 aliphatic heterocycles. The molecule has 0 radical (unpaired) electrons. The van der Waals surface area contributed by atoms with E-state index in [0.717, 1.165) is 23.4 Å². The third kappa shape index (κ3) is 2.79. The molecule has 20 heavy (non-hydrogen) atoms. The maximum atomic E-state index is 10.9. The number of nitro groups is 1. The number of benzene rings is 1. The molecule has 0 bridgehead atoms. The minimum absolute atomic E-state index is 0.159. The summed E-state index contributed by atoms with van der Waals surface area (Å²) in [6.45, 7) is 4.37. The van der Waals surface area contributed by atoms with Crippen molar-refractivity contribution in [1.29, 1.82) is 0 Å². The molecule has 2 rings (SSSR count). The zero-order chi connectivity index (χ0) is 14.7. The fourth-order valence-corrected chi connectivity index (χ4v) is 2.19. The molecule has 0 amide bonds. The normalized spacial score (nSPS) is 10.6. The Bertz CT molecular complexity index is 634. The molecule has 106 valence electrons. The van der Waals surface area contributed by atoms with Crippen molar-refractivity contribution < 1.29 is 4.92 Å². The number of hydrogen-bond acceptors (Lipinski definition) is 4. The number of hydrogen-bond donors (Lipinski definition) is 1. The fraction of sp³-hybridized carbons (Fsp3) is 0.357. The zero-order valence-electron chi connectivity index (χ0n) is 11.9. The minimum Gasteiger partial charge on any atom is -0.378 e. The second-order valence-electron chi connectivity index (χ2n) is 4.69. The highest BCUT2D eigenvalue weighted by molar-refractivity contribution is 5.50. The van der Waals surface area contributed by atoms with Gasteiger partial charge in [-0.15, -0.1) is 0 Å². The highest BCUT2D eigenvalue weighted by Gasteiger charge is 2.13. The predicted octanol–water partition coefficient (Wildman–Crippen LogP) is 2.81. The maximum Gasteiger partial charge on any atom is 0.272 e. The van der Waals surface area contributed by atoms with Crippen molar-refractivity contribution in [2.75, 3.05) is 5.32 Å². The number of nitrogens with zero attached hydrogens (tertiary/aromatic N) is 3. The van der Waals surface area contributed by atoms with Gasteiger partial charge in [0.15, 0.2) is 0 Å². The molecule has 1 heterocycles. The Labute approximate surface area is 117 Å². The highest BCUT2D eigenvalue weighted by atomic mass is 16.6. The molecular formula is C14H18N4O2. The van der Waals surface area contributed by atoms with Crippen LogP contribution in [0.1, 0.15) is 23.7 Å².